The van der Waals surface area contributed by atoms with Crippen molar-refractivity contribution in [2.45, 2.75) is 38.8 Å². The third kappa shape index (κ3) is 6.55. The molecule has 7 rings (SSSR count). The summed E-state index contributed by atoms with van der Waals surface area (Å²) < 4.78 is 24.0. The summed E-state index contributed by atoms with van der Waals surface area (Å²) in [4.78, 5) is 21.6. The van der Waals surface area contributed by atoms with Crippen LogP contribution in [0.2, 0.25) is 10.0 Å². The van der Waals surface area contributed by atoms with Crippen LogP contribution in [0.4, 0.5) is 11.4 Å². The largest absolute Gasteiger partial charge is 0.491 e. The van der Waals surface area contributed by atoms with Gasteiger partial charge >= 0.3 is 5.69 Å². The first kappa shape index (κ1) is 32.3. The van der Waals surface area contributed by atoms with E-state index in [1.165, 1.54) is 4.68 Å². The first-order chi connectivity index (χ1) is 23.3. The molecule has 13 heteroatoms. The summed E-state index contributed by atoms with van der Waals surface area (Å²) in [5.74, 6) is 0.349. The molecule has 0 spiro atoms. The molecule has 4 heterocycles. The summed E-state index contributed by atoms with van der Waals surface area (Å²) in [7, 11) is 0. The summed E-state index contributed by atoms with van der Waals surface area (Å²) in [6.45, 7) is 8.93. The SMILES string of the molecule is CCn1nc(C)n(-c2ccc(N3CCN(c4ccc(OC[C@@H]5CO[C@@](Cn6ccnc6)(c6ccc(Cl)cc6Cl)O5)cc4)CC3)cc2)c1=O. The van der Waals surface area contributed by atoms with Gasteiger partial charge in [-0.2, -0.15) is 5.10 Å². The Balaban J connectivity index is 0.934. The Morgan fingerprint density at radius 3 is 2.21 bits per heavy atom. The third-order valence-corrected chi connectivity index (χ3v) is 9.39. The van der Waals surface area contributed by atoms with Crippen LogP contribution in [0.3, 0.4) is 0 Å². The van der Waals surface area contributed by atoms with Crippen LogP contribution >= 0.6 is 23.2 Å². The van der Waals surface area contributed by atoms with E-state index in [9.17, 15) is 4.79 Å². The number of rotatable bonds is 10. The molecule has 0 N–H and O–H groups in total. The van der Waals surface area contributed by atoms with Gasteiger partial charge in [-0.3, -0.25) is 0 Å². The van der Waals surface area contributed by atoms with Crippen molar-refractivity contribution in [2.75, 3.05) is 49.2 Å². The van der Waals surface area contributed by atoms with Crippen molar-refractivity contribution < 1.29 is 14.2 Å². The first-order valence-corrected chi connectivity index (χ1v) is 16.8. The molecule has 2 fully saturated rings. The van der Waals surface area contributed by atoms with Gasteiger partial charge in [-0.1, -0.05) is 29.3 Å². The number of hydrogen-bond acceptors (Lipinski definition) is 8. The zero-order valence-electron chi connectivity index (χ0n) is 26.8. The Bertz CT molecular complexity index is 1900. The number of imidazole rings is 1. The number of hydrogen-bond donors (Lipinski definition) is 0. The van der Waals surface area contributed by atoms with E-state index in [0.717, 1.165) is 49.0 Å². The summed E-state index contributed by atoms with van der Waals surface area (Å²) in [5, 5.41) is 5.36. The smallest absolute Gasteiger partial charge is 0.350 e. The number of benzene rings is 3. The van der Waals surface area contributed by atoms with Crippen LogP contribution in [0.5, 0.6) is 5.75 Å². The Kier molecular flexibility index (Phi) is 9.19. The van der Waals surface area contributed by atoms with E-state index >= 15 is 0 Å². The molecule has 2 aromatic heterocycles. The number of anilines is 2. The van der Waals surface area contributed by atoms with E-state index in [-0.39, 0.29) is 11.8 Å². The maximum atomic E-state index is 12.7. The van der Waals surface area contributed by atoms with Gasteiger partial charge in [0.05, 0.1) is 30.2 Å². The monoisotopic (exact) mass is 689 g/mol. The third-order valence-electron chi connectivity index (χ3n) is 8.84. The number of piperazine rings is 1. The van der Waals surface area contributed by atoms with E-state index in [1.807, 2.05) is 54.9 Å². The quantitative estimate of drug-likeness (QED) is 0.189. The van der Waals surface area contributed by atoms with Crippen LogP contribution < -0.4 is 20.2 Å². The highest BCUT2D eigenvalue weighted by Crippen LogP contribution is 2.40. The molecule has 0 unspecified atom stereocenters. The van der Waals surface area contributed by atoms with E-state index in [1.54, 1.807) is 29.2 Å². The Morgan fingerprint density at radius 2 is 1.60 bits per heavy atom. The molecule has 2 atom stereocenters. The number of halogens is 2. The molecule has 0 saturated carbocycles. The van der Waals surface area contributed by atoms with E-state index < -0.39 is 5.79 Å². The van der Waals surface area contributed by atoms with Crippen molar-refractivity contribution >= 4 is 34.6 Å². The zero-order valence-corrected chi connectivity index (χ0v) is 28.3. The molecule has 11 nitrogen and oxygen atoms in total. The highest BCUT2D eigenvalue weighted by molar-refractivity contribution is 6.35. The lowest BCUT2D eigenvalue weighted by Crippen LogP contribution is -2.46. The molecule has 0 amide bonds. The summed E-state index contributed by atoms with van der Waals surface area (Å²) in [6, 6.07) is 21.6. The topological polar surface area (TPSA) is 91.8 Å². The maximum absolute atomic E-state index is 12.7. The molecule has 3 aromatic carbocycles. The molecule has 0 bridgehead atoms. The number of aryl methyl sites for hydroxylation is 2. The van der Waals surface area contributed by atoms with Gasteiger partial charge < -0.3 is 28.6 Å². The average Bonchev–Trinajstić information content (AvgIpc) is 3.84. The van der Waals surface area contributed by atoms with Gasteiger partial charge in [0, 0.05) is 67.1 Å². The van der Waals surface area contributed by atoms with E-state index in [4.69, 9.17) is 37.4 Å². The minimum Gasteiger partial charge on any atom is -0.491 e. The van der Waals surface area contributed by atoms with Crippen molar-refractivity contribution in [1.29, 1.82) is 0 Å². The van der Waals surface area contributed by atoms with Crippen LogP contribution in [0.15, 0.2) is 90.2 Å². The van der Waals surface area contributed by atoms with Gasteiger partial charge in [-0.25, -0.2) is 19.0 Å². The fraction of sp³-hybridized carbons (Fsp3) is 0.343. The molecule has 0 aliphatic carbocycles. The Labute approximate surface area is 288 Å². The van der Waals surface area contributed by atoms with E-state index in [2.05, 4.69) is 44.1 Å². The van der Waals surface area contributed by atoms with Gasteiger partial charge in [0.25, 0.3) is 0 Å². The Hall–Kier alpha value is -4.29. The molecule has 2 saturated heterocycles. The molecule has 0 radical (unpaired) electrons. The van der Waals surface area contributed by atoms with Crippen LogP contribution in [-0.2, 0) is 28.4 Å². The highest BCUT2D eigenvalue weighted by atomic mass is 35.5. The van der Waals surface area contributed by atoms with Crippen molar-refractivity contribution in [2.24, 2.45) is 0 Å². The van der Waals surface area contributed by atoms with Gasteiger partial charge in [-0.05, 0) is 74.5 Å². The van der Waals surface area contributed by atoms with Crippen LogP contribution in [0.1, 0.15) is 18.3 Å². The zero-order chi connectivity index (χ0) is 33.3. The minimum atomic E-state index is -1.10. The van der Waals surface area contributed by atoms with Crippen LogP contribution in [0, 0.1) is 6.92 Å². The van der Waals surface area contributed by atoms with Gasteiger partial charge in [0.15, 0.2) is 0 Å². The molecule has 48 heavy (non-hydrogen) atoms. The second kappa shape index (κ2) is 13.7. The lowest BCUT2D eigenvalue weighted by Gasteiger charge is -2.37. The normalized spacial score (nSPS) is 19.6. The maximum Gasteiger partial charge on any atom is 0.350 e. The summed E-state index contributed by atoms with van der Waals surface area (Å²) in [6.07, 6.45) is 4.99. The predicted molar refractivity (Wildman–Crippen MR) is 186 cm³/mol. The molecule has 2 aliphatic rings. The summed E-state index contributed by atoms with van der Waals surface area (Å²) in [5.41, 5.74) is 3.71. The standard InChI is InChI=1S/C35H37Cl2N7O4/c1-3-43-34(45)44(25(2)39-43)29-7-5-27(6-8-29)41-16-18-42(19-17-41)28-9-11-30(12-10-28)46-21-31-22-47-35(48-31,23-40-15-14-38-24-40)32-13-4-26(36)20-33(32)37/h4-15,20,24,31H,3,16-19,21-23H2,1-2H3/t31-,35-/m1/s1. The lowest BCUT2D eigenvalue weighted by molar-refractivity contribution is -0.189. The van der Waals surface area contributed by atoms with Crippen molar-refractivity contribution in [3.63, 3.8) is 0 Å². The average molecular weight is 691 g/mol. The molecule has 5 aromatic rings. The van der Waals surface area contributed by atoms with Gasteiger partial charge in [0.1, 0.15) is 24.3 Å². The molecular formula is C35H37Cl2N7O4. The predicted octanol–water partition coefficient (Wildman–Crippen LogP) is 5.54. The Morgan fingerprint density at radius 1 is 0.938 bits per heavy atom. The minimum absolute atomic E-state index is 0.114. The van der Waals surface area contributed by atoms with Crippen LogP contribution in [-0.4, -0.2) is 69.4 Å². The highest BCUT2D eigenvalue weighted by Gasteiger charge is 2.45. The fourth-order valence-corrected chi connectivity index (χ4v) is 6.92. The second-order valence-electron chi connectivity index (χ2n) is 11.9. The number of nitrogens with zero attached hydrogens (tertiary/aromatic N) is 7. The second-order valence-corrected chi connectivity index (χ2v) is 12.8. The fourth-order valence-electron chi connectivity index (χ4n) is 6.37. The van der Waals surface area contributed by atoms with Crippen molar-refractivity contribution in [3.05, 3.63) is 117 Å². The molecule has 2 aliphatic heterocycles. The van der Waals surface area contributed by atoms with Crippen molar-refractivity contribution in [1.82, 2.24) is 23.9 Å². The molecule has 250 valence electrons. The summed E-state index contributed by atoms with van der Waals surface area (Å²) >= 11 is 12.8. The molecular weight excluding hydrogens is 653 g/mol. The first-order valence-electron chi connectivity index (χ1n) is 16.0. The van der Waals surface area contributed by atoms with Gasteiger partial charge in [-0.15, -0.1) is 0 Å². The van der Waals surface area contributed by atoms with Crippen molar-refractivity contribution in [3.8, 4) is 11.4 Å². The van der Waals surface area contributed by atoms with E-state index in [0.29, 0.717) is 47.7 Å². The number of aromatic nitrogens is 5. The van der Waals surface area contributed by atoms with Crippen LogP contribution in [0.25, 0.3) is 5.69 Å². The van der Waals surface area contributed by atoms with Gasteiger partial charge in [0.2, 0.25) is 5.79 Å². The lowest BCUT2D eigenvalue weighted by atomic mass is 10.1. The number of ether oxygens (including phenoxy) is 3.